The molecule has 2 aliphatic rings. The molecule has 2 aliphatic heterocycles. The van der Waals surface area contributed by atoms with Crippen LogP contribution in [0.4, 0.5) is 0 Å². The maximum absolute atomic E-state index is 12.6. The van der Waals surface area contributed by atoms with Crippen LogP contribution in [0.2, 0.25) is 0 Å². The third kappa shape index (κ3) is 3.61. The Balaban J connectivity index is 1.61. The van der Waals surface area contributed by atoms with E-state index in [0.29, 0.717) is 12.7 Å². The van der Waals surface area contributed by atoms with Gasteiger partial charge in [-0.25, -0.2) is 0 Å². The van der Waals surface area contributed by atoms with Gasteiger partial charge < -0.3 is 19.3 Å². The number of hydrogen-bond acceptors (Lipinski definition) is 3. The van der Waals surface area contributed by atoms with E-state index in [1.807, 2.05) is 11.0 Å². The Hall–Kier alpha value is -1.75. The van der Waals surface area contributed by atoms with Gasteiger partial charge in [0.2, 0.25) is 12.7 Å². The average Bonchev–Trinajstić information content (AvgIpc) is 3.04. The molecule has 1 unspecified atom stereocenters. The number of carbonyl (C=O) groups is 1. The fourth-order valence-corrected chi connectivity index (χ4v) is 3.66. The van der Waals surface area contributed by atoms with Gasteiger partial charge in [0.25, 0.3) is 0 Å². The highest BCUT2D eigenvalue weighted by Gasteiger charge is 2.31. The summed E-state index contributed by atoms with van der Waals surface area (Å²) in [5.41, 5.74) is 1.25. The molecule has 1 saturated heterocycles. The summed E-state index contributed by atoms with van der Waals surface area (Å²) in [4.78, 5) is 16.0. The maximum Gasteiger partial charge on any atom is 0.231 e. The molecule has 0 bridgehead atoms. The topological polar surface area (TPSA) is 43.2 Å². The number of nitrogens with one attached hydrogen (secondary N) is 1. The number of quaternary nitrogens is 1. The first kappa shape index (κ1) is 16.1. The number of benzene rings is 1. The summed E-state index contributed by atoms with van der Waals surface area (Å²) < 4.78 is 10.8. The molecule has 1 N–H and O–H groups in total. The molecule has 0 aromatic heterocycles. The SMILES string of the molecule is CCN(CC)C(=O)[C@H]1CCC[NH+](Cc2ccc3c(c2)OCO3)C1. The lowest BCUT2D eigenvalue weighted by Crippen LogP contribution is -3.12. The van der Waals surface area contributed by atoms with Gasteiger partial charge in [0, 0.05) is 18.7 Å². The van der Waals surface area contributed by atoms with Crippen LogP contribution in [0, 0.1) is 5.92 Å². The first-order valence-electron chi connectivity index (χ1n) is 8.72. The summed E-state index contributed by atoms with van der Waals surface area (Å²) >= 11 is 0. The summed E-state index contributed by atoms with van der Waals surface area (Å²) in [6.07, 6.45) is 2.15. The highest BCUT2D eigenvalue weighted by atomic mass is 16.7. The van der Waals surface area contributed by atoms with Gasteiger partial charge in [-0.15, -0.1) is 0 Å². The lowest BCUT2D eigenvalue weighted by Gasteiger charge is -2.32. The van der Waals surface area contributed by atoms with E-state index in [4.69, 9.17) is 9.47 Å². The fourth-order valence-electron chi connectivity index (χ4n) is 3.66. The Morgan fingerprint density at radius 1 is 1.26 bits per heavy atom. The Bertz CT molecular complexity index is 557. The molecule has 0 spiro atoms. The van der Waals surface area contributed by atoms with Gasteiger partial charge in [0.05, 0.1) is 19.0 Å². The van der Waals surface area contributed by atoms with Crippen LogP contribution < -0.4 is 14.4 Å². The Kier molecular flexibility index (Phi) is 5.06. The van der Waals surface area contributed by atoms with E-state index in [1.54, 1.807) is 0 Å². The number of likely N-dealkylation sites (tertiary alicyclic amines) is 1. The Morgan fingerprint density at radius 2 is 2.04 bits per heavy atom. The normalized spacial score (nSPS) is 22.9. The zero-order valence-electron chi connectivity index (χ0n) is 14.1. The standard InChI is InChI=1S/C18H26N2O3/c1-3-20(4-2)18(21)15-6-5-9-19(12-15)11-14-7-8-16-17(10-14)23-13-22-16/h7-8,10,15H,3-6,9,11-13H2,1-2H3/p+1/t15-/m0/s1. The first-order valence-corrected chi connectivity index (χ1v) is 8.72. The minimum absolute atomic E-state index is 0.174. The number of hydrogen-bond donors (Lipinski definition) is 1. The third-order valence-electron chi connectivity index (χ3n) is 4.93. The van der Waals surface area contributed by atoms with Crippen molar-refractivity contribution in [3.63, 3.8) is 0 Å². The van der Waals surface area contributed by atoms with E-state index in [2.05, 4.69) is 26.0 Å². The smallest absolute Gasteiger partial charge is 0.231 e. The molecule has 3 rings (SSSR count). The summed E-state index contributed by atoms with van der Waals surface area (Å²) in [7, 11) is 0. The van der Waals surface area contributed by atoms with Crippen molar-refractivity contribution in [2.45, 2.75) is 33.2 Å². The average molecular weight is 319 g/mol. The van der Waals surface area contributed by atoms with Crippen molar-refractivity contribution in [3.8, 4) is 11.5 Å². The second kappa shape index (κ2) is 7.21. The van der Waals surface area contributed by atoms with Crippen molar-refractivity contribution in [1.29, 1.82) is 0 Å². The van der Waals surface area contributed by atoms with Crippen LogP contribution in [0.15, 0.2) is 18.2 Å². The van der Waals surface area contributed by atoms with Crippen molar-refractivity contribution < 1.29 is 19.2 Å². The number of carbonyl (C=O) groups excluding carboxylic acids is 1. The second-order valence-electron chi connectivity index (χ2n) is 6.42. The van der Waals surface area contributed by atoms with E-state index in [0.717, 1.165) is 57.1 Å². The zero-order valence-corrected chi connectivity index (χ0v) is 14.1. The van der Waals surface area contributed by atoms with Gasteiger partial charge in [0.1, 0.15) is 6.54 Å². The molecule has 2 heterocycles. The van der Waals surface area contributed by atoms with Gasteiger partial charge >= 0.3 is 0 Å². The number of ether oxygens (including phenoxy) is 2. The van der Waals surface area contributed by atoms with Crippen LogP contribution in [-0.4, -0.2) is 43.8 Å². The second-order valence-corrected chi connectivity index (χ2v) is 6.42. The number of amides is 1. The monoisotopic (exact) mass is 319 g/mol. The minimum Gasteiger partial charge on any atom is -0.454 e. The molecule has 1 aromatic rings. The molecule has 5 nitrogen and oxygen atoms in total. The number of nitrogens with zero attached hydrogens (tertiary/aromatic N) is 1. The molecule has 23 heavy (non-hydrogen) atoms. The molecule has 0 aliphatic carbocycles. The van der Waals surface area contributed by atoms with Gasteiger partial charge in [-0.3, -0.25) is 4.79 Å². The molecule has 1 fully saturated rings. The molecular formula is C18H27N2O3+. The predicted molar refractivity (Wildman–Crippen MR) is 87.6 cm³/mol. The predicted octanol–water partition coefficient (Wildman–Crippen LogP) is 1.08. The Labute approximate surface area is 138 Å². The largest absolute Gasteiger partial charge is 0.454 e. The molecule has 0 radical (unpaired) electrons. The molecule has 1 aromatic carbocycles. The lowest BCUT2D eigenvalue weighted by atomic mass is 9.96. The molecule has 2 atom stereocenters. The van der Waals surface area contributed by atoms with E-state index in [-0.39, 0.29) is 5.92 Å². The Morgan fingerprint density at radius 3 is 2.83 bits per heavy atom. The quantitative estimate of drug-likeness (QED) is 0.883. The number of rotatable bonds is 5. The van der Waals surface area contributed by atoms with Crippen molar-refractivity contribution in [3.05, 3.63) is 23.8 Å². The summed E-state index contributed by atoms with van der Waals surface area (Å²) in [6, 6.07) is 6.17. The minimum atomic E-state index is 0.174. The van der Waals surface area contributed by atoms with Crippen molar-refractivity contribution in [2.75, 3.05) is 33.0 Å². The van der Waals surface area contributed by atoms with E-state index in [1.165, 1.54) is 10.5 Å². The molecule has 0 saturated carbocycles. The summed E-state index contributed by atoms with van der Waals surface area (Å²) in [6.45, 7) is 9.06. The van der Waals surface area contributed by atoms with Crippen molar-refractivity contribution in [1.82, 2.24) is 4.90 Å². The molecule has 5 heteroatoms. The number of piperidine rings is 1. The molecule has 126 valence electrons. The molecule has 1 amide bonds. The fraction of sp³-hybridized carbons (Fsp3) is 0.611. The van der Waals surface area contributed by atoms with Crippen molar-refractivity contribution in [2.24, 2.45) is 5.92 Å². The van der Waals surface area contributed by atoms with Crippen molar-refractivity contribution >= 4 is 5.91 Å². The number of fused-ring (bicyclic) bond motifs is 1. The summed E-state index contributed by atoms with van der Waals surface area (Å²) in [5.74, 6) is 2.18. The van der Waals surface area contributed by atoms with Gasteiger partial charge in [-0.2, -0.15) is 0 Å². The highest BCUT2D eigenvalue weighted by Crippen LogP contribution is 2.32. The first-order chi connectivity index (χ1) is 11.2. The third-order valence-corrected chi connectivity index (χ3v) is 4.93. The van der Waals surface area contributed by atoms with Gasteiger partial charge in [0.15, 0.2) is 11.5 Å². The van der Waals surface area contributed by atoms with Crippen LogP contribution in [-0.2, 0) is 11.3 Å². The van der Waals surface area contributed by atoms with Crippen LogP contribution in [0.5, 0.6) is 11.5 Å². The van der Waals surface area contributed by atoms with Gasteiger partial charge in [-0.1, -0.05) is 0 Å². The van der Waals surface area contributed by atoms with Crippen LogP contribution in [0.1, 0.15) is 32.3 Å². The van der Waals surface area contributed by atoms with E-state index in [9.17, 15) is 4.79 Å². The lowest BCUT2D eigenvalue weighted by molar-refractivity contribution is -0.921. The highest BCUT2D eigenvalue weighted by molar-refractivity contribution is 5.78. The van der Waals surface area contributed by atoms with Gasteiger partial charge in [-0.05, 0) is 44.9 Å². The van der Waals surface area contributed by atoms with Crippen LogP contribution >= 0.6 is 0 Å². The summed E-state index contributed by atoms with van der Waals surface area (Å²) in [5, 5.41) is 0. The molecular weight excluding hydrogens is 292 g/mol. The van der Waals surface area contributed by atoms with Crippen LogP contribution in [0.3, 0.4) is 0 Å². The zero-order chi connectivity index (χ0) is 16.2. The van der Waals surface area contributed by atoms with E-state index >= 15 is 0 Å². The maximum atomic E-state index is 12.6. The van der Waals surface area contributed by atoms with E-state index < -0.39 is 0 Å². The van der Waals surface area contributed by atoms with Crippen LogP contribution in [0.25, 0.3) is 0 Å².